The summed E-state index contributed by atoms with van der Waals surface area (Å²) in [4.78, 5) is 14.3. The molecule has 2 rings (SSSR count). The number of unbranched alkanes of at least 4 members (excludes halogenated alkanes) is 1. The van der Waals surface area contributed by atoms with Gasteiger partial charge in [0.15, 0.2) is 0 Å². The Morgan fingerprint density at radius 3 is 2.71 bits per heavy atom. The van der Waals surface area contributed by atoms with Gasteiger partial charge in [-0.15, -0.1) is 0 Å². The van der Waals surface area contributed by atoms with Crippen molar-refractivity contribution in [3.05, 3.63) is 35.9 Å². The molecule has 0 bridgehead atoms. The first kappa shape index (κ1) is 18.9. The lowest BCUT2D eigenvalue weighted by Crippen LogP contribution is -2.55. The maximum atomic E-state index is 12.5. The van der Waals surface area contributed by atoms with Gasteiger partial charge in [0.1, 0.15) is 0 Å². The van der Waals surface area contributed by atoms with Crippen molar-refractivity contribution in [2.24, 2.45) is 5.41 Å². The third kappa shape index (κ3) is 4.81. The van der Waals surface area contributed by atoms with Gasteiger partial charge < -0.3 is 15.1 Å². The van der Waals surface area contributed by atoms with Gasteiger partial charge >= 0.3 is 0 Å². The lowest BCUT2D eigenvalue weighted by Gasteiger charge is -2.45. The fourth-order valence-corrected chi connectivity index (χ4v) is 3.75. The van der Waals surface area contributed by atoms with E-state index in [1.807, 2.05) is 23.1 Å². The van der Waals surface area contributed by atoms with Crippen molar-refractivity contribution in [2.45, 2.75) is 58.0 Å². The van der Waals surface area contributed by atoms with Crippen molar-refractivity contribution in [3.8, 4) is 0 Å². The molecule has 24 heavy (non-hydrogen) atoms. The fraction of sp³-hybridized carbons (Fsp3) is 0.650. The zero-order chi connectivity index (χ0) is 17.4. The summed E-state index contributed by atoms with van der Waals surface area (Å²) in [5.74, 6) is 0.156. The molecule has 0 saturated carbocycles. The highest BCUT2D eigenvalue weighted by Gasteiger charge is 2.42. The van der Waals surface area contributed by atoms with Crippen LogP contribution < -0.4 is 0 Å². The van der Waals surface area contributed by atoms with Crippen LogP contribution in [0.25, 0.3) is 0 Å². The molecule has 4 heteroatoms. The van der Waals surface area contributed by atoms with E-state index >= 15 is 0 Å². The van der Waals surface area contributed by atoms with Crippen molar-refractivity contribution >= 4 is 5.91 Å². The molecular formula is C20H31NO3. The van der Waals surface area contributed by atoms with Gasteiger partial charge in [-0.1, -0.05) is 43.7 Å². The molecule has 0 spiro atoms. The number of piperidine rings is 1. The lowest BCUT2D eigenvalue weighted by atomic mass is 9.74. The molecule has 2 N–H and O–H groups in total. The van der Waals surface area contributed by atoms with Gasteiger partial charge in [0.2, 0.25) is 5.91 Å². The molecule has 0 aliphatic carbocycles. The number of carbonyl (C=O) groups excluding carboxylic acids is 1. The third-order valence-electron chi connectivity index (χ3n) is 5.25. The highest BCUT2D eigenvalue weighted by atomic mass is 16.3. The number of amides is 1. The molecule has 1 aliphatic heterocycles. The van der Waals surface area contributed by atoms with Crippen LogP contribution in [-0.2, 0) is 11.2 Å². The predicted molar refractivity (Wildman–Crippen MR) is 95.6 cm³/mol. The topological polar surface area (TPSA) is 60.8 Å². The van der Waals surface area contributed by atoms with Gasteiger partial charge in [-0.05, 0) is 37.7 Å². The summed E-state index contributed by atoms with van der Waals surface area (Å²) in [5.41, 5.74) is 0.778. The maximum absolute atomic E-state index is 12.5. The number of carbonyl (C=O) groups is 1. The smallest absolute Gasteiger partial charge is 0.222 e. The third-order valence-corrected chi connectivity index (χ3v) is 5.25. The van der Waals surface area contributed by atoms with Crippen LogP contribution in [0.5, 0.6) is 0 Å². The molecule has 1 heterocycles. The van der Waals surface area contributed by atoms with Crippen LogP contribution >= 0.6 is 0 Å². The average Bonchev–Trinajstić information content (AvgIpc) is 2.61. The van der Waals surface area contributed by atoms with Crippen LogP contribution in [0.3, 0.4) is 0 Å². The Bertz CT molecular complexity index is 505. The van der Waals surface area contributed by atoms with Crippen LogP contribution in [0.1, 0.15) is 51.0 Å². The van der Waals surface area contributed by atoms with E-state index in [0.717, 1.165) is 32.1 Å². The van der Waals surface area contributed by atoms with Gasteiger partial charge in [-0.3, -0.25) is 4.79 Å². The SMILES string of the molecule is CCC[C@@]1(CO)CN(C(=O)CCCCc2ccccc2)CC[C@@H]1O. The molecule has 2 atom stereocenters. The summed E-state index contributed by atoms with van der Waals surface area (Å²) in [6.45, 7) is 3.08. The van der Waals surface area contributed by atoms with Crippen molar-refractivity contribution in [3.63, 3.8) is 0 Å². The van der Waals surface area contributed by atoms with E-state index in [0.29, 0.717) is 25.9 Å². The molecule has 4 nitrogen and oxygen atoms in total. The number of nitrogens with zero attached hydrogens (tertiary/aromatic N) is 1. The second kappa shape index (κ2) is 9.19. The molecule has 0 aromatic heterocycles. The summed E-state index contributed by atoms with van der Waals surface area (Å²) in [5, 5.41) is 20.1. The lowest BCUT2D eigenvalue weighted by molar-refractivity contribution is -0.142. The van der Waals surface area contributed by atoms with Gasteiger partial charge in [-0.2, -0.15) is 0 Å². The summed E-state index contributed by atoms with van der Waals surface area (Å²) in [6, 6.07) is 10.3. The molecule has 1 fully saturated rings. The van der Waals surface area contributed by atoms with E-state index in [2.05, 4.69) is 19.1 Å². The number of aryl methyl sites for hydroxylation is 1. The van der Waals surface area contributed by atoms with Gasteiger partial charge in [0.25, 0.3) is 0 Å². The highest BCUT2D eigenvalue weighted by molar-refractivity contribution is 5.76. The largest absolute Gasteiger partial charge is 0.396 e. The summed E-state index contributed by atoms with van der Waals surface area (Å²) < 4.78 is 0. The number of hydrogen-bond acceptors (Lipinski definition) is 3. The van der Waals surface area contributed by atoms with Crippen LogP contribution in [0.2, 0.25) is 0 Å². The van der Waals surface area contributed by atoms with Gasteiger partial charge in [0.05, 0.1) is 12.7 Å². The van der Waals surface area contributed by atoms with Crippen molar-refractivity contribution in [1.29, 1.82) is 0 Å². The summed E-state index contributed by atoms with van der Waals surface area (Å²) in [6.07, 6.45) is 5.15. The minimum absolute atomic E-state index is 0.0558. The first-order valence-corrected chi connectivity index (χ1v) is 9.22. The number of aliphatic hydroxyl groups is 2. The molecule has 134 valence electrons. The Hall–Kier alpha value is -1.39. The quantitative estimate of drug-likeness (QED) is 0.719. The Balaban J connectivity index is 1.79. The van der Waals surface area contributed by atoms with Gasteiger partial charge in [0, 0.05) is 24.9 Å². The number of aliphatic hydroxyl groups excluding tert-OH is 2. The van der Waals surface area contributed by atoms with Crippen molar-refractivity contribution in [1.82, 2.24) is 4.90 Å². The van der Waals surface area contributed by atoms with Crippen LogP contribution in [0.15, 0.2) is 30.3 Å². The standard InChI is InChI=1S/C20H31NO3/c1-2-13-20(16-22)15-21(14-12-18(20)23)19(24)11-7-6-10-17-8-4-3-5-9-17/h3-5,8-9,18,22-23H,2,6-7,10-16H2,1H3/t18-,20-/m0/s1. The van der Waals surface area contributed by atoms with E-state index in [-0.39, 0.29) is 12.5 Å². The highest BCUT2D eigenvalue weighted by Crippen LogP contribution is 2.35. The summed E-state index contributed by atoms with van der Waals surface area (Å²) in [7, 11) is 0. The number of benzene rings is 1. The molecule has 1 aromatic carbocycles. The Morgan fingerprint density at radius 2 is 2.04 bits per heavy atom. The van der Waals surface area contributed by atoms with Crippen LogP contribution in [0, 0.1) is 5.41 Å². The second-order valence-electron chi connectivity index (χ2n) is 7.08. The van der Waals surface area contributed by atoms with E-state index < -0.39 is 11.5 Å². The molecule has 1 aromatic rings. The minimum atomic E-state index is -0.535. The zero-order valence-electron chi connectivity index (χ0n) is 14.8. The first-order chi connectivity index (χ1) is 11.6. The maximum Gasteiger partial charge on any atom is 0.222 e. The second-order valence-corrected chi connectivity index (χ2v) is 7.08. The van der Waals surface area contributed by atoms with Crippen LogP contribution in [0.4, 0.5) is 0 Å². The molecule has 1 amide bonds. The first-order valence-electron chi connectivity index (χ1n) is 9.22. The Labute approximate surface area is 145 Å². The molecule has 0 unspecified atom stereocenters. The van der Waals surface area contributed by atoms with E-state index in [9.17, 15) is 15.0 Å². The average molecular weight is 333 g/mol. The van der Waals surface area contributed by atoms with E-state index in [4.69, 9.17) is 0 Å². The van der Waals surface area contributed by atoms with E-state index in [1.54, 1.807) is 0 Å². The molecular weight excluding hydrogens is 302 g/mol. The van der Waals surface area contributed by atoms with Crippen LogP contribution in [-0.4, -0.2) is 46.8 Å². The zero-order valence-corrected chi connectivity index (χ0v) is 14.8. The molecule has 0 radical (unpaired) electrons. The number of rotatable bonds is 8. The van der Waals surface area contributed by atoms with E-state index in [1.165, 1.54) is 5.56 Å². The number of likely N-dealkylation sites (tertiary alicyclic amines) is 1. The minimum Gasteiger partial charge on any atom is -0.396 e. The monoisotopic (exact) mass is 333 g/mol. The summed E-state index contributed by atoms with van der Waals surface area (Å²) >= 11 is 0. The van der Waals surface area contributed by atoms with Crippen molar-refractivity contribution in [2.75, 3.05) is 19.7 Å². The molecule has 1 aliphatic rings. The fourth-order valence-electron chi connectivity index (χ4n) is 3.75. The molecule has 1 saturated heterocycles. The van der Waals surface area contributed by atoms with Crippen molar-refractivity contribution < 1.29 is 15.0 Å². The van der Waals surface area contributed by atoms with Gasteiger partial charge in [-0.25, -0.2) is 0 Å². The predicted octanol–water partition coefficient (Wildman–Crippen LogP) is 2.77. The Morgan fingerprint density at radius 1 is 1.29 bits per heavy atom. The number of hydrogen-bond donors (Lipinski definition) is 2. The Kier molecular flexibility index (Phi) is 7.25. The normalized spacial score (nSPS) is 24.1.